The van der Waals surface area contributed by atoms with Gasteiger partial charge >= 0.3 is 17.3 Å². The number of fused-ring (bicyclic) bond motifs is 7. The lowest BCUT2D eigenvalue weighted by molar-refractivity contribution is -0.383. The predicted octanol–water partition coefficient (Wildman–Crippen LogP) is 19.9. The zero-order valence-electron chi connectivity index (χ0n) is 83.0. The molecule has 1 saturated carbocycles. The predicted molar refractivity (Wildman–Crippen MR) is 587 cm³/mol. The van der Waals surface area contributed by atoms with E-state index in [4.69, 9.17) is 48.6 Å². The molecule has 762 valence electrons. The number of hydrogen-bond donors (Lipinski definition) is 10. The number of esters is 1. The lowest BCUT2D eigenvalue weighted by Crippen LogP contribution is -2.34. The second-order valence-electron chi connectivity index (χ2n) is 34.8. The fraction of sp³-hybridized carbons (Fsp3) is 0.180. The number of carbonyl (C=O) groups is 7. The van der Waals surface area contributed by atoms with Crippen molar-refractivity contribution >= 4 is 199 Å². The fourth-order valence-electron chi connectivity index (χ4n) is 18.0. The zero-order chi connectivity index (χ0) is 107. The molecule has 8 aromatic carbocycles. The van der Waals surface area contributed by atoms with Crippen LogP contribution in [0.5, 0.6) is 17.2 Å². The van der Waals surface area contributed by atoms with Gasteiger partial charge in [-0.3, -0.25) is 53.8 Å². The van der Waals surface area contributed by atoms with Crippen molar-refractivity contribution in [2.75, 3.05) is 64.1 Å². The smallest absolute Gasteiger partial charge is 0.353 e. The number of nitrogens with two attached hydrogens (primary N) is 6. The maximum atomic E-state index is 12.3. The molecule has 5 aliphatic rings. The topological polar surface area (TPSA) is 560 Å². The van der Waals surface area contributed by atoms with Crippen LogP contribution in [-0.4, -0.2) is 138 Å². The number of aryl methyl sites for hydroxylation is 1. The number of aromatic amines is 2. The van der Waals surface area contributed by atoms with Crippen LogP contribution in [0.1, 0.15) is 158 Å². The number of nitro groups is 2. The molecule has 1 atom stereocenters. The number of nitrogens with zero attached hydrogens (tertiary/aromatic N) is 13. The minimum atomic E-state index is -0.531. The van der Waals surface area contributed by atoms with Crippen LogP contribution in [-0.2, 0) is 44.9 Å². The molecule has 1 fully saturated rings. The quantitative estimate of drug-likeness (QED) is 0.00897. The number of H-pyrrole nitrogens is 2. The summed E-state index contributed by atoms with van der Waals surface area (Å²) < 4.78 is 18.0. The Kier molecular flexibility index (Phi) is 34.0. The van der Waals surface area contributed by atoms with Gasteiger partial charge in [-0.25, -0.2) is 39.9 Å². The lowest BCUT2D eigenvalue weighted by atomic mass is 9.94. The first kappa shape index (κ1) is 106. The van der Waals surface area contributed by atoms with Gasteiger partial charge < -0.3 is 83.6 Å². The maximum Gasteiger partial charge on any atom is 0.353 e. The van der Waals surface area contributed by atoms with E-state index in [2.05, 4.69) is 60.5 Å². The summed E-state index contributed by atoms with van der Waals surface area (Å²) in [4.78, 5) is 147. The molecule has 9 aromatic heterocycles. The Balaban J connectivity index is 0.000000129. The Bertz CT molecular complexity index is 8030. The number of amides is 3. The number of nitrogen functional groups attached to an aromatic ring is 4. The SMILES string of the molecule is CC1Cc2ccccc2N1c1ncnc(N)c1[N+](=O)[O-].CCOc1ccc(-n2c(C)c(C(C)=O)c3cc(OC(C)=O)ccc32)cc1.CCc1ncc(/C=C2\C(=O)Cc3ccccc32)[nH]1.CN(c1ncnc(N)c1[N+](=O)[O-])C1CCCCC1.COc1ccccc1/C=C1\C(=O)Nc2ccccc21.NC(=O)c1sc2nccc(Nc3ccccc3)c2c1N.NC(=O)c1sc2ncccc2c1N.O=C1Cc2ccccc2/C1=C/c1cnc[nH]1. The molecular weight excluding hydrogens is 1940 g/mol. The summed E-state index contributed by atoms with van der Waals surface area (Å²) in [7, 11) is 3.46. The number of Topliss-reactive ketones (excluding diaryl/α,β-unsaturated/α-hetero) is 3. The highest BCUT2D eigenvalue weighted by atomic mass is 32.1. The van der Waals surface area contributed by atoms with Crippen LogP contribution in [0.2, 0.25) is 0 Å². The third-order valence-corrected chi connectivity index (χ3v) is 27.2. The van der Waals surface area contributed by atoms with E-state index >= 15 is 0 Å². The van der Waals surface area contributed by atoms with Crippen molar-refractivity contribution in [1.29, 1.82) is 0 Å². The van der Waals surface area contributed by atoms with Gasteiger partial charge in [0, 0.05) is 130 Å². The molecule has 150 heavy (non-hydrogen) atoms. The van der Waals surface area contributed by atoms with Crippen LogP contribution in [0.25, 0.3) is 72.0 Å². The van der Waals surface area contributed by atoms with Crippen molar-refractivity contribution in [2.45, 2.75) is 111 Å². The van der Waals surface area contributed by atoms with Gasteiger partial charge in [-0.1, -0.05) is 148 Å². The third-order valence-electron chi connectivity index (χ3n) is 24.9. The first-order chi connectivity index (χ1) is 72.4. The Morgan fingerprint density at radius 1 is 0.607 bits per heavy atom. The fourth-order valence-corrected chi connectivity index (χ4v) is 19.9. The number of benzene rings is 8. The molecule has 39 heteroatoms. The number of ketones is 3. The molecule has 0 saturated heterocycles. The number of rotatable bonds is 19. The molecule has 3 amide bonds. The van der Waals surface area contributed by atoms with Crippen molar-refractivity contribution in [3.05, 3.63) is 353 Å². The molecule has 2 aliphatic heterocycles. The monoisotopic (exact) mass is 2050 g/mol. The van der Waals surface area contributed by atoms with E-state index in [0.29, 0.717) is 74.2 Å². The van der Waals surface area contributed by atoms with E-state index < -0.39 is 27.6 Å². The number of anilines is 10. The summed E-state index contributed by atoms with van der Waals surface area (Å²) in [5, 5.41) is 30.7. The number of allylic oxidation sites excluding steroid dienone is 2. The van der Waals surface area contributed by atoms with E-state index in [9.17, 15) is 53.8 Å². The van der Waals surface area contributed by atoms with Crippen molar-refractivity contribution in [3.63, 3.8) is 0 Å². The largest absolute Gasteiger partial charge is 0.496 e. The molecule has 16 N–H and O–H groups in total. The summed E-state index contributed by atoms with van der Waals surface area (Å²) in [5.41, 5.74) is 51.9. The van der Waals surface area contributed by atoms with Gasteiger partial charge in [-0.2, -0.15) is 0 Å². The first-order valence-electron chi connectivity index (χ1n) is 47.7. The second kappa shape index (κ2) is 48.3. The molecule has 1 unspecified atom stereocenters. The number of para-hydroxylation sites is 4. The van der Waals surface area contributed by atoms with Crippen LogP contribution in [0, 0.1) is 27.2 Å². The minimum Gasteiger partial charge on any atom is -0.496 e. The van der Waals surface area contributed by atoms with E-state index in [1.807, 2.05) is 261 Å². The summed E-state index contributed by atoms with van der Waals surface area (Å²) in [6.07, 6.45) is 24.9. The van der Waals surface area contributed by atoms with Crippen molar-refractivity contribution in [2.24, 2.45) is 11.5 Å². The van der Waals surface area contributed by atoms with E-state index in [0.717, 1.165) is 178 Å². The normalized spacial score (nSPS) is 14.1. The molecule has 0 bridgehead atoms. The number of imidazole rings is 2. The van der Waals surface area contributed by atoms with Gasteiger partial charge in [-0.15, -0.1) is 22.7 Å². The molecule has 0 radical (unpaired) electrons. The number of methoxy groups -OCH3 is 1. The molecular formula is C111H107N23O14S2. The van der Waals surface area contributed by atoms with Gasteiger partial charge in [0.15, 0.2) is 17.3 Å². The van der Waals surface area contributed by atoms with Crippen LogP contribution < -0.4 is 69.0 Å². The minimum absolute atomic E-state index is 0.0304. The summed E-state index contributed by atoms with van der Waals surface area (Å²) in [6.45, 7) is 11.4. The number of carbonyl (C=O) groups excluding carboxylic acids is 7. The highest BCUT2D eigenvalue weighted by Gasteiger charge is 2.36. The molecule has 0 spiro atoms. The Morgan fingerprint density at radius 3 is 1.83 bits per heavy atom. The number of nitrogens with one attached hydrogen (secondary N) is 4. The van der Waals surface area contributed by atoms with Gasteiger partial charge in [0.1, 0.15) is 55.1 Å². The summed E-state index contributed by atoms with van der Waals surface area (Å²) in [6, 6.07) is 67.6. The molecule has 3 aliphatic carbocycles. The average molecular weight is 2050 g/mol. The zero-order valence-corrected chi connectivity index (χ0v) is 84.6. The Hall–Kier alpha value is -18.8. The Labute approximate surface area is 869 Å². The van der Waals surface area contributed by atoms with Crippen molar-refractivity contribution in [1.82, 2.24) is 54.4 Å². The summed E-state index contributed by atoms with van der Waals surface area (Å²) in [5.74, 6) is 2.14. The lowest BCUT2D eigenvalue weighted by Gasteiger charge is -2.31. The maximum absolute atomic E-state index is 12.3. The summed E-state index contributed by atoms with van der Waals surface area (Å²) >= 11 is 2.43. The molecule has 37 nitrogen and oxygen atoms in total. The van der Waals surface area contributed by atoms with E-state index in [1.165, 1.54) is 48.7 Å². The van der Waals surface area contributed by atoms with Gasteiger partial charge in [-0.05, 0) is 184 Å². The number of thiophene rings is 2. The van der Waals surface area contributed by atoms with Crippen LogP contribution >= 0.6 is 22.7 Å². The molecule has 17 aromatic rings. The van der Waals surface area contributed by atoms with Gasteiger partial charge in [0.25, 0.3) is 17.7 Å². The third kappa shape index (κ3) is 24.4. The van der Waals surface area contributed by atoms with Crippen molar-refractivity contribution in [3.8, 4) is 22.9 Å². The van der Waals surface area contributed by atoms with Crippen molar-refractivity contribution < 1.29 is 57.6 Å². The number of hydrogen-bond acceptors (Lipinski definition) is 31. The number of ether oxygens (including phenoxy) is 3. The van der Waals surface area contributed by atoms with Gasteiger partial charge in [0.05, 0.1) is 81.6 Å². The Morgan fingerprint density at radius 2 is 1.21 bits per heavy atom. The number of primary amides is 2. The number of aromatic nitrogens is 11. The van der Waals surface area contributed by atoms with Crippen LogP contribution in [0.4, 0.5) is 68.8 Å². The standard InChI is InChI=1S/C21H21NO4.C16H13NO2.C15H14N2O.C14H12N4OS.C13H13N5O2.C13H10N2O.C11H17N5O2.C8H7N3OS/c1-5-25-17-8-6-16(7-9-17)22-13(2)21(14(3)23)19-12-18(26-15(4)24)10-11-20(19)22;1-19-15-9-5-2-6-11(15)10-13-12-7-3-4-8-14(12)17-16(13)18;1-2-15-16-9-11(17-15)8-13-12-6-4-3-5-10(12)7-14(13)18;15-11-10-9(18-8-4-2-1-3-5-8)6-7-17-14(10)20-12(11)13(16)19;1-8-6-9-4-2-3-5-10(9)17(8)13-11(18(19)20)12(14)15-7-16-13;16-13-5-9-3-1-2-4-11(9)12(13)6-10-7-14-8-15-10;1-15(8-5-3-2-4-6-8)11-9(16(17)18)10(12)13-7-14-11;9-5-4-2-1-3-11-8(4)13-6(5)7(10)12/h6-12H,5H2,1-4H3;2-10H,1H3,(H,17,18);3-6,8-9H,2,7H2,1H3,(H,16,17);1-7H,15H2,(H2,16,19)(H,17,18);2-5,7-8H,6H2,1H3,(H2,14,15,16);1-4,6-8H,5H2,(H,14,15);7-8H,2-6H2,1H3,(H2,12,13,14);1-3H,9H2,(H2,10,12)/b;13-10-;13-8-;;;12-6-;;. The van der Waals surface area contributed by atoms with E-state index in [1.54, 1.807) is 63.3 Å². The second-order valence-corrected chi connectivity index (χ2v) is 36.8. The first-order valence-corrected chi connectivity index (χ1v) is 49.4. The van der Waals surface area contributed by atoms with Crippen LogP contribution in [0.15, 0.2) is 256 Å². The van der Waals surface area contributed by atoms with E-state index in [-0.39, 0.29) is 58.1 Å². The highest BCUT2D eigenvalue weighted by molar-refractivity contribution is 7.21. The van der Waals surface area contributed by atoms with Gasteiger partial charge in [0.2, 0.25) is 23.3 Å². The average Bonchev–Trinajstić information content (AvgIpc) is 1.61. The number of pyridine rings is 2. The highest BCUT2D eigenvalue weighted by Crippen LogP contribution is 2.45. The molecule has 11 heterocycles. The van der Waals surface area contributed by atoms with Crippen LogP contribution in [0.3, 0.4) is 0 Å². The molecule has 22 rings (SSSR count).